The molecule has 1 saturated heterocycles. The molecule has 9 nitrogen and oxygen atoms in total. The molecule has 2 unspecified atom stereocenters. The first-order chi connectivity index (χ1) is 13.6. The van der Waals surface area contributed by atoms with Crippen LogP contribution in [0, 0.1) is 0 Å². The van der Waals surface area contributed by atoms with Crippen LogP contribution in [0.25, 0.3) is 0 Å². The van der Waals surface area contributed by atoms with Gasteiger partial charge in [0.05, 0.1) is 17.5 Å². The standard InChI is InChI=1S/C18H20ClN3O6S/c1-11(17(24)20-13-4-2-3-12(19)9-13)28-18(25)15-5-6-16(23)22(21-15)14-7-8-29(26,27)10-14/h2-4,9,11,14H,5-8,10H2,1H3,(H,20,24). The normalized spacial score (nSPS) is 22.0. The maximum atomic E-state index is 12.4. The molecule has 2 amide bonds. The third-order valence-corrected chi connectivity index (χ3v) is 6.58. The van der Waals surface area contributed by atoms with E-state index in [-0.39, 0.29) is 42.4 Å². The minimum atomic E-state index is -3.21. The molecule has 3 rings (SSSR count). The molecule has 2 aliphatic rings. The molecule has 0 saturated carbocycles. The van der Waals surface area contributed by atoms with Gasteiger partial charge in [-0.1, -0.05) is 17.7 Å². The molecule has 2 heterocycles. The van der Waals surface area contributed by atoms with Crippen molar-refractivity contribution < 1.29 is 27.5 Å². The van der Waals surface area contributed by atoms with Gasteiger partial charge in [0.1, 0.15) is 5.71 Å². The Kier molecular flexibility index (Phi) is 6.23. The first-order valence-corrected chi connectivity index (χ1v) is 11.2. The SMILES string of the molecule is CC(OC(=O)C1=NN(C2CCS(=O)(=O)C2)C(=O)CC1)C(=O)Nc1cccc(Cl)c1. The number of nitrogens with one attached hydrogen (secondary N) is 1. The highest BCUT2D eigenvalue weighted by Gasteiger charge is 2.37. The molecule has 156 valence electrons. The molecule has 1 aromatic carbocycles. The van der Waals surface area contributed by atoms with Crippen LogP contribution in [0.4, 0.5) is 5.69 Å². The van der Waals surface area contributed by atoms with E-state index in [0.29, 0.717) is 10.7 Å². The molecule has 1 N–H and O–H groups in total. The molecule has 29 heavy (non-hydrogen) atoms. The van der Waals surface area contributed by atoms with E-state index in [4.69, 9.17) is 16.3 Å². The number of halogens is 1. The molecule has 2 atom stereocenters. The summed E-state index contributed by atoms with van der Waals surface area (Å²) >= 11 is 5.87. The van der Waals surface area contributed by atoms with Crippen LogP contribution in [0.3, 0.4) is 0 Å². The second kappa shape index (κ2) is 8.50. The van der Waals surface area contributed by atoms with E-state index in [9.17, 15) is 22.8 Å². The van der Waals surface area contributed by atoms with Crippen molar-refractivity contribution in [1.29, 1.82) is 0 Å². The van der Waals surface area contributed by atoms with Crippen molar-refractivity contribution in [3.63, 3.8) is 0 Å². The van der Waals surface area contributed by atoms with Gasteiger partial charge < -0.3 is 10.1 Å². The summed E-state index contributed by atoms with van der Waals surface area (Å²) < 4.78 is 28.5. The number of hydrogen-bond donors (Lipinski definition) is 1. The average molecular weight is 442 g/mol. The van der Waals surface area contributed by atoms with Gasteiger partial charge in [-0.05, 0) is 31.5 Å². The second-order valence-electron chi connectivity index (χ2n) is 6.89. The number of sulfone groups is 1. The Morgan fingerprint density at radius 1 is 1.34 bits per heavy atom. The molecule has 2 aliphatic heterocycles. The molecular formula is C18H20ClN3O6S. The lowest BCUT2D eigenvalue weighted by Gasteiger charge is -2.27. The van der Waals surface area contributed by atoms with E-state index in [1.807, 2.05) is 0 Å². The summed E-state index contributed by atoms with van der Waals surface area (Å²) in [5, 5.41) is 8.14. The highest BCUT2D eigenvalue weighted by molar-refractivity contribution is 7.91. The molecule has 1 fully saturated rings. The van der Waals surface area contributed by atoms with Gasteiger partial charge in [-0.3, -0.25) is 9.59 Å². The Labute approximate surface area is 173 Å². The molecule has 0 spiro atoms. The summed E-state index contributed by atoms with van der Waals surface area (Å²) in [4.78, 5) is 36.8. The van der Waals surface area contributed by atoms with Crippen molar-refractivity contribution in [1.82, 2.24) is 5.01 Å². The molecule has 1 aromatic rings. The highest BCUT2D eigenvalue weighted by atomic mass is 35.5. The number of nitrogens with zero attached hydrogens (tertiary/aromatic N) is 2. The fourth-order valence-corrected chi connectivity index (χ4v) is 4.95. The van der Waals surface area contributed by atoms with E-state index < -0.39 is 33.9 Å². The number of carbonyl (C=O) groups excluding carboxylic acids is 3. The lowest BCUT2D eigenvalue weighted by Crippen LogP contribution is -2.42. The van der Waals surface area contributed by atoms with Gasteiger partial charge in [0.25, 0.3) is 5.91 Å². The van der Waals surface area contributed by atoms with Crippen molar-refractivity contribution in [3.8, 4) is 0 Å². The summed E-state index contributed by atoms with van der Waals surface area (Å²) in [5.41, 5.74) is 0.441. The topological polar surface area (TPSA) is 122 Å². The lowest BCUT2D eigenvalue weighted by molar-refractivity contribution is -0.147. The van der Waals surface area contributed by atoms with Crippen molar-refractivity contribution in [2.45, 2.75) is 38.3 Å². The summed E-state index contributed by atoms with van der Waals surface area (Å²) in [6.45, 7) is 1.41. The van der Waals surface area contributed by atoms with Gasteiger partial charge in [0, 0.05) is 23.6 Å². The monoisotopic (exact) mass is 441 g/mol. The Hall–Kier alpha value is -2.46. The zero-order valence-corrected chi connectivity index (χ0v) is 17.2. The number of carbonyl (C=O) groups is 3. The van der Waals surface area contributed by atoms with Crippen LogP contribution in [-0.2, 0) is 29.0 Å². The maximum Gasteiger partial charge on any atom is 0.355 e. The average Bonchev–Trinajstić information content (AvgIpc) is 3.01. The van der Waals surface area contributed by atoms with E-state index in [2.05, 4.69) is 10.4 Å². The Morgan fingerprint density at radius 3 is 2.76 bits per heavy atom. The molecule has 11 heteroatoms. The van der Waals surface area contributed by atoms with Gasteiger partial charge >= 0.3 is 5.97 Å². The number of hydrogen-bond acceptors (Lipinski definition) is 7. The van der Waals surface area contributed by atoms with Gasteiger partial charge in [0.15, 0.2) is 15.9 Å². The minimum absolute atomic E-state index is 0.0164. The molecule has 0 aliphatic carbocycles. The van der Waals surface area contributed by atoms with E-state index in [1.54, 1.807) is 24.3 Å². The molecule has 0 aromatic heterocycles. The van der Waals surface area contributed by atoms with Crippen LogP contribution >= 0.6 is 11.6 Å². The first-order valence-electron chi connectivity index (χ1n) is 9.02. The number of esters is 1. The summed E-state index contributed by atoms with van der Waals surface area (Å²) in [6.07, 6.45) is -0.746. The van der Waals surface area contributed by atoms with Crippen LogP contribution in [0.5, 0.6) is 0 Å². The first kappa shape index (κ1) is 21.3. The van der Waals surface area contributed by atoms with Crippen molar-refractivity contribution in [3.05, 3.63) is 29.3 Å². The summed E-state index contributed by atoms with van der Waals surface area (Å²) in [6, 6.07) is 5.94. The molecule has 0 radical (unpaired) electrons. The van der Waals surface area contributed by atoms with Crippen LogP contribution in [0.15, 0.2) is 29.4 Å². The zero-order chi connectivity index (χ0) is 21.2. The van der Waals surface area contributed by atoms with Gasteiger partial charge in [-0.15, -0.1) is 0 Å². The number of hydrazone groups is 1. The zero-order valence-electron chi connectivity index (χ0n) is 15.6. The minimum Gasteiger partial charge on any atom is -0.448 e. The number of amides is 2. The highest BCUT2D eigenvalue weighted by Crippen LogP contribution is 2.22. The smallest absolute Gasteiger partial charge is 0.355 e. The Morgan fingerprint density at radius 2 is 2.10 bits per heavy atom. The number of rotatable bonds is 5. The fourth-order valence-electron chi connectivity index (χ4n) is 3.06. The third kappa shape index (κ3) is 5.33. The number of ether oxygens (including phenoxy) is 1. The Balaban J connectivity index is 1.63. The summed E-state index contributed by atoms with van der Waals surface area (Å²) in [5.74, 6) is -1.90. The molecular weight excluding hydrogens is 422 g/mol. The largest absolute Gasteiger partial charge is 0.448 e. The van der Waals surface area contributed by atoms with E-state index in [1.165, 1.54) is 6.92 Å². The number of anilines is 1. The second-order valence-corrected chi connectivity index (χ2v) is 9.55. The van der Waals surface area contributed by atoms with E-state index >= 15 is 0 Å². The summed E-state index contributed by atoms with van der Waals surface area (Å²) in [7, 11) is -3.21. The van der Waals surface area contributed by atoms with Crippen molar-refractivity contribution >= 4 is 50.6 Å². The molecule has 0 bridgehead atoms. The lowest BCUT2D eigenvalue weighted by atomic mass is 10.1. The quantitative estimate of drug-likeness (QED) is 0.688. The third-order valence-electron chi connectivity index (χ3n) is 4.59. The van der Waals surface area contributed by atoms with Crippen LogP contribution in [0.2, 0.25) is 5.02 Å². The number of benzene rings is 1. The van der Waals surface area contributed by atoms with Crippen LogP contribution in [-0.4, -0.2) is 60.6 Å². The van der Waals surface area contributed by atoms with Crippen molar-refractivity contribution in [2.24, 2.45) is 5.10 Å². The van der Waals surface area contributed by atoms with Crippen molar-refractivity contribution in [2.75, 3.05) is 16.8 Å². The Bertz CT molecular complexity index is 978. The fraction of sp³-hybridized carbons (Fsp3) is 0.444. The predicted octanol–water partition coefficient (Wildman–Crippen LogP) is 1.38. The maximum absolute atomic E-state index is 12.4. The van der Waals surface area contributed by atoms with Gasteiger partial charge in [0.2, 0.25) is 5.91 Å². The van der Waals surface area contributed by atoms with Crippen LogP contribution < -0.4 is 5.32 Å². The van der Waals surface area contributed by atoms with Gasteiger partial charge in [-0.25, -0.2) is 18.2 Å². The predicted molar refractivity (Wildman–Crippen MR) is 106 cm³/mol. The van der Waals surface area contributed by atoms with Crippen LogP contribution in [0.1, 0.15) is 26.2 Å². The van der Waals surface area contributed by atoms with Gasteiger partial charge in [-0.2, -0.15) is 5.10 Å². The van der Waals surface area contributed by atoms with E-state index in [0.717, 1.165) is 5.01 Å².